The van der Waals surface area contributed by atoms with Crippen LogP contribution in [0.1, 0.15) is 15.1 Å². The van der Waals surface area contributed by atoms with Gasteiger partial charge in [0.05, 0.1) is 42.8 Å². The van der Waals surface area contributed by atoms with Crippen LogP contribution in [-0.2, 0) is 0 Å². The van der Waals surface area contributed by atoms with E-state index >= 15 is 0 Å². The molecule has 3 heteroatoms. The maximum absolute atomic E-state index is 9.51. The van der Waals surface area contributed by atoms with Crippen molar-refractivity contribution in [3.8, 4) is 22.5 Å². The molecule has 0 fully saturated rings. The Hall–Kier alpha value is -5.64. The summed E-state index contributed by atoms with van der Waals surface area (Å²) < 4.78 is 102. The lowest BCUT2D eigenvalue weighted by Gasteiger charge is -2.16. The fourth-order valence-electron chi connectivity index (χ4n) is 6.76. The predicted octanol–water partition coefficient (Wildman–Crippen LogP) is 11.9. The van der Waals surface area contributed by atoms with Gasteiger partial charge in [0, 0.05) is 53.0 Å². The summed E-state index contributed by atoms with van der Waals surface area (Å²) >= 11 is 0.979. The van der Waals surface area contributed by atoms with Crippen molar-refractivity contribution in [3.63, 3.8) is 0 Å². The van der Waals surface area contributed by atoms with Gasteiger partial charge in [-0.25, -0.2) is 0 Å². The molecule has 2 nitrogen and oxygen atoms in total. The van der Waals surface area contributed by atoms with E-state index < -0.39 is 48.3 Å². The van der Waals surface area contributed by atoms with Crippen LogP contribution in [-0.4, -0.2) is 9.13 Å². The topological polar surface area (TPSA) is 9.86 Å². The average Bonchev–Trinajstić information content (AvgIpc) is 3.88. The molecule has 0 atom stereocenters. The van der Waals surface area contributed by atoms with Crippen molar-refractivity contribution in [2.75, 3.05) is 0 Å². The molecule has 210 valence electrons. The molecular weight excluding hydrogens is 565 g/mol. The Morgan fingerprint density at radius 1 is 0.467 bits per heavy atom. The van der Waals surface area contributed by atoms with Crippen LogP contribution >= 0.6 is 11.3 Å². The van der Waals surface area contributed by atoms with Gasteiger partial charge in [0.2, 0.25) is 0 Å². The molecule has 3 aromatic heterocycles. The molecule has 0 saturated carbocycles. The first-order chi connectivity index (χ1) is 26.9. The minimum absolute atomic E-state index is 0.110. The minimum atomic E-state index is -0.604. The van der Waals surface area contributed by atoms with Crippen LogP contribution in [0, 0.1) is 0 Å². The number of thiophene rings is 1. The van der Waals surface area contributed by atoms with E-state index in [1.807, 2.05) is 65.2 Å². The van der Waals surface area contributed by atoms with Gasteiger partial charge < -0.3 is 9.13 Å². The van der Waals surface area contributed by atoms with E-state index in [4.69, 9.17) is 12.3 Å². The molecule has 0 aliphatic heterocycles. The zero-order valence-electron chi connectivity index (χ0n) is 34.5. The van der Waals surface area contributed by atoms with Crippen LogP contribution in [0.5, 0.6) is 0 Å². The number of hydrogen-bond donors (Lipinski definition) is 0. The minimum Gasteiger partial charge on any atom is -0.309 e. The summed E-state index contributed by atoms with van der Waals surface area (Å²) in [5.74, 6) is 0. The molecule has 0 bridgehead atoms. The van der Waals surface area contributed by atoms with Crippen molar-refractivity contribution in [2.45, 2.75) is 0 Å². The number of para-hydroxylation sites is 3. The highest BCUT2D eigenvalue weighted by molar-refractivity contribution is 7.25. The smallest absolute Gasteiger partial charge is 0.0638 e. The predicted molar refractivity (Wildman–Crippen MR) is 193 cm³/mol. The fourth-order valence-corrected chi connectivity index (χ4v) is 7.72. The second-order valence-corrected chi connectivity index (χ2v) is 11.9. The molecule has 0 unspecified atom stereocenters. The molecule has 0 N–H and O–H groups in total. The number of aromatic nitrogens is 2. The summed E-state index contributed by atoms with van der Waals surface area (Å²) in [7, 11) is 0. The van der Waals surface area contributed by atoms with Crippen molar-refractivity contribution in [3.05, 3.63) is 157 Å². The molecule has 0 aliphatic carbocycles. The highest BCUT2D eigenvalue weighted by Gasteiger charge is 2.21. The Morgan fingerprint density at radius 2 is 1.07 bits per heavy atom. The second-order valence-electron chi connectivity index (χ2n) is 10.9. The molecule has 0 aliphatic rings. The summed E-state index contributed by atoms with van der Waals surface area (Å²) in [6.45, 7) is 0. The third-order valence-electron chi connectivity index (χ3n) is 8.58. The Morgan fingerprint density at radius 3 is 1.80 bits per heavy atom. The Bertz CT molecular complexity index is 3310. The van der Waals surface area contributed by atoms with Crippen molar-refractivity contribution < 1.29 is 15.1 Å². The summed E-state index contributed by atoms with van der Waals surface area (Å²) in [6, 6.07) is 24.8. The van der Waals surface area contributed by atoms with Gasteiger partial charge >= 0.3 is 0 Å². The van der Waals surface area contributed by atoms with E-state index in [-0.39, 0.29) is 55.1 Å². The normalized spacial score (nSPS) is 15.4. The van der Waals surface area contributed by atoms with E-state index in [2.05, 4.69) is 34.9 Å². The maximum atomic E-state index is 9.51. The molecule has 0 amide bonds. The molecule has 3 heterocycles. The van der Waals surface area contributed by atoms with E-state index in [0.717, 1.165) is 49.6 Å². The molecule has 10 aromatic rings. The molecule has 0 radical (unpaired) electrons. The van der Waals surface area contributed by atoms with Gasteiger partial charge in [0.25, 0.3) is 0 Å². The lowest BCUT2D eigenvalue weighted by Crippen LogP contribution is -1.99. The molecule has 10 rings (SSSR count). The van der Waals surface area contributed by atoms with E-state index in [0.29, 0.717) is 11.0 Å². The molecule has 7 aromatic carbocycles. The first kappa shape index (κ1) is 16.4. The Balaban J connectivity index is 1.43. The lowest BCUT2D eigenvalue weighted by atomic mass is 9.99. The average molecular weight is 602 g/mol. The van der Waals surface area contributed by atoms with E-state index in [1.165, 1.54) is 0 Å². The van der Waals surface area contributed by atoms with Gasteiger partial charge in [0.1, 0.15) is 0 Å². The van der Waals surface area contributed by atoms with Crippen molar-refractivity contribution in [2.24, 2.45) is 0 Å². The maximum Gasteiger partial charge on any atom is 0.0638 e. The summed E-state index contributed by atoms with van der Waals surface area (Å²) in [4.78, 5) is 0. The quantitative estimate of drug-likeness (QED) is 0.191. The van der Waals surface area contributed by atoms with Crippen molar-refractivity contribution >= 4 is 75.1 Å². The van der Waals surface area contributed by atoms with Crippen LogP contribution in [0.15, 0.2) is 157 Å². The zero-order chi connectivity index (χ0) is 39.1. The molecule has 0 saturated heterocycles. The third kappa shape index (κ3) is 3.50. The molecule has 45 heavy (non-hydrogen) atoms. The SMILES string of the molecule is [2H]c1c([2H])c([2H])c(-c2c([2H])c([2H])c3sc4c([2H])c([2H])c([2H])c([2H])c4c3c2-n2c3ccccc3c3cc(-n4c5ccccc5c5ccccc54)ccc32)c([2H])c1[2H]. The van der Waals surface area contributed by atoms with E-state index in [1.54, 1.807) is 0 Å². The lowest BCUT2D eigenvalue weighted by molar-refractivity contribution is 1.17. The summed E-state index contributed by atoms with van der Waals surface area (Å²) in [6.07, 6.45) is 0. The van der Waals surface area contributed by atoms with Gasteiger partial charge in [-0.2, -0.15) is 0 Å². The largest absolute Gasteiger partial charge is 0.309 e. The van der Waals surface area contributed by atoms with Crippen LogP contribution < -0.4 is 0 Å². The number of benzene rings is 7. The Labute approximate surface area is 279 Å². The molecular formula is C42H26N2S. The van der Waals surface area contributed by atoms with E-state index in [9.17, 15) is 2.74 Å². The van der Waals surface area contributed by atoms with Crippen molar-refractivity contribution in [1.82, 2.24) is 9.13 Å². The van der Waals surface area contributed by atoms with Crippen LogP contribution in [0.2, 0.25) is 0 Å². The van der Waals surface area contributed by atoms with Crippen LogP contribution in [0.3, 0.4) is 0 Å². The van der Waals surface area contributed by atoms with Gasteiger partial charge in [0.15, 0.2) is 0 Å². The van der Waals surface area contributed by atoms with Gasteiger partial charge in [-0.05, 0) is 54.0 Å². The van der Waals surface area contributed by atoms with Gasteiger partial charge in [-0.3, -0.25) is 0 Å². The first-order valence-corrected chi connectivity index (χ1v) is 15.3. The van der Waals surface area contributed by atoms with Crippen molar-refractivity contribution in [1.29, 1.82) is 0 Å². The first-order valence-electron chi connectivity index (χ1n) is 20.0. The highest BCUT2D eigenvalue weighted by Crippen LogP contribution is 2.45. The zero-order valence-corrected chi connectivity index (χ0v) is 24.3. The fraction of sp³-hybridized carbons (Fsp3) is 0. The number of rotatable bonds is 3. The number of nitrogens with zero attached hydrogens (tertiary/aromatic N) is 2. The monoisotopic (exact) mass is 601 g/mol. The van der Waals surface area contributed by atoms with Gasteiger partial charge in [-0.15, -0.1) is 11.3 Å². The van der Waals surface area contributed by atoms with Gasteiger partial charge in [-0.1, -0.05) is 109 Å². The number of hydrogen-bond acceptors (Lipinski definition) is 1. The third-order valence-corrected chi connectivity index (χ3v) is 9.60. The molecule has 0 spiro atoms. The second kappa shape index (κ2) is 9.43. The standard InChI is InChI=1S/C42H26N2S/c1-2-12-27(13-3-1)29-23-25-40-41(33-17-7-11-21-39(33)45-40)42(29)44-37-20-10-6-16-32(37)34-26-28(22-24-38(34)44)43-35-18-8-4-14-30(35)31-15-5-9-19-36(31)43/h1-26H/i1D,2D,3D,7D,11D,12D,13D,17D,21D,23D,25D. The highest BCUT2D eigenvalue weighted by atomic mass is 32.1. The Kier molecular flexibility index (Phi) is 3.44. The van der Waals surface area contributed by atoms with Crippen LogP contribution in [0.25, 0.3) is 86.3 Å². The summed E-state index contributed by atoms with van der Waals surface area (Å²) in [5, 5.41) is 4.18. The summed E-state index contributed by atoms with van der Waals surface area (Å²) in [5.41, 5.74) is 4.01. The number of fused-ring (bicyclic) bond motifs is 9. The van der Waals surface area contributed by atoms with Crippen LogP contribution in [0.4, 0.5) is 0 Å².